The first-order valence-corrected chi connectivity index (χ1v) is 8.55. The van der Waals surface area contributed by atoms with Crippen molar-refractivity contribution in [2.45, 2.75) is 13.0 Å². The Bertz CT molecular complexity index is 993. The van der Waals surface area contributed by atoms with Gasteiger partial charge in [-0.1, -0.05) is 0 Å². The average Bonchev–Trinajstić information content (AvgIpc) is 3.09. The summed E-state index contributed by atoms with van der Waals surface area (Å²) in [4.78, 5) is 16.3. The van der Waals surface area contributed by atoms with Gasteiger partial charge >= 0.3 is 0 Å². The number of nitrogens with zero attached hydrogens (tertiary/aromatic N) is 1. The van der Waals surface area contributed by atoms with E-state index in [0.717, 1.165) is 35.6 Å². The van der Waals surface area contributed by atoms with Gasteiger partial charge in [0.2, 0.25) is 0 Å². The lowest BCUT2D eigenvalue weighted by molar-refractivity contribution is -0.122. The maximum atomic E-state index is 13.3. The number of hydrogen-bond acceptors (Lipinski definition) is 4. The molecule has 0 fully saturated rings. The molecule has 1 unspecified atom stereocenters. The highest BCUT2D eigenvalue weighted by atomic mass is 32.1. The van der Waals surface area contributed by atoms with Crippen LogP contribution in [0.15, 0.2) is 41.8 Å². The zero-order valence-corrected chi connectivity index (χ0v) is 14.6. The SMILES string of the molecule is CC(Oc1ccc(F)c(F)c1)C(=O)Nc1nc(-c2ccc(F)c(F)c2)cs1. The second-order valence-corrected chi connectivity index (χ2v) is 6.35. The predicted octanol–water partition coefficient (Wildman–Crippen LogP) is 4.77. The lowest BCUT2D eigenvalue weighted by Crippen LogP contribution is -2.30. The Kier molecular flexibility index (Phi) is 5.41. The van der Waals surface area contributed by atoms with Crippen LogP contribution in [0.3, 0.4) is 0 Å². The summed E-state index contributed by atoms with van der Waals surface area (Å²) in [6, 6.07) is 6.29. The molecule has 0 aliphatic rings. The van der Waals surface area contributed by atoms with E-state index in [4.69, 9.17) is 4.74 Å². The molecule has 0 saturated carbocycles. The fourth-order valence-corrected chi connectivity index (χ4v) is 2.86. The number of anilines is 1. The first kappa shape index (κ1) is 18.8. The molecular formula is C18H12F4N2O2S. The smallest absolute Gasteiger partial charge is 0.266 e. The number of nitrogens with one attached hydrogen (secondary N) is 1. The molecule has 0 aliphatic heterocycles. The van der Waals surface area contributed by atoms with Crippen molar-refractivity contribution >= 4 is 22.4 Å². The van der Waals surface area contributed by atoms with Crippen molar-refractivity contribution in [2.24, 2.45) is 0 Å². The highest BCUT2D eigenvalue weighted by molar-refractivity contribution is 7.14. The van der Waals surface area contributed by atoms with E-state index >= 15 is 0 Å². The van der Waals surface area contributed by atoms with Crippen LogP contribution in [0, 0.1) is 23.3 Å². The first-order valence-electron chi connectivity index (χ1n) is 7.67. The minimum absolute atomic E-state index is 0.00170. The van der Waals surface area contributed by atoms with Gasteiger partial charge in [-0.2, -0.15) is 0 Å². The predicted molar refractivity (Wildman–Crippen MR) is 92.5 cm³/mol. The number of carbonyl (C=O) groups excluding carboxylic acids is 1. The summed E-state index contributed by atoms with van der Waals surface area (Å²) in [5.74, 6) is -4.64. The number of hydrogen-bond donors (Lipinski definition) is 1. The van der Waals surface area contributed by atoms with Crippen LogP contribution in [0.25, 0.3) is 11.3 Å². The summed E-state index contributed by atoms with van der Waals surface area (Å²) in [5.41, 5.74) is 0.722. The molecule has 0 saturated heterocycles. The number of benzene rings is 2. The summed E-state index contributed by atoms with van der Waals surface area (Å²) >= 11 is 1.09. The van der Waals surface area contributed by atoms with Crippen LogP contribution in [0.1, 0.15) is 6.92 Å². The van der Waals surface area contributed by atoms with Gasteiger partial charge in [0.25, 0.3) is 5.91 Å². The monoisotopic (exact) mass is 396 g/mol. The van der Waals surface area contributed by atoms with Crippen LogP contribution < -0.4 is 10.1 Å². The van der Waals surface area contributed by atoms with Gasteiger partial charge in [-0.3, -0.25) is 10.1 Å². The van der Waals surface area contributed by atoms with Gasteiger partial charge in [0.15, 0.2) is 34.5 Å². The standard InChI is InChI=1S/C18H12F4N2O2S/c1-9(26-11-3-5-13(20)15(22)7-11)17(25)24-18-23-16(8-27-18)10-2-4-12(19)14(21)6-10/h2-9H,1H3,(H,23,24,25). The number of carbonyl (C=O) groups is 1. The molecule has 2 aromatic carbocycles. The number of aromatic nitrogens is 1. The normalized spacial score (nSPS) is 11.9. The Morgan fingerprint density at radius 1 is 1.04 bits per heavy atom. The topological polar surface area (TPSA) is 51.2 Å². The molecule has 0 bridgehead atoms. The minimum atomic E-state index is -1.09. The van der Waals surface area contributed by atoms with E-state index in [1.165, 1.54) is 19.1 Å². The van der Waals surface area contributed by atoms with Crippen LogP contribution in [0.4, 0.5) is 22.7 Å². The molecule has 1 heterocycles. The fourth-order valence-electron chi connectivity index (χ4n) is 2.13. The molecule has 3 rings (SSSR count). The molecule has 27 heavy (non-hydrogen) atoms. The molecule has 1 amide bonds. The van der Waals surface area contributed by atoms with Crippen molar-refractivity contribution < 1.29 is 27.1 Å². The van der Waals surface area contributed by atoms with Gasteiger partial charge in [-0.25, -0.2) is 22.5 Å². The maximum Gasteiger partial charge on any atom is 0.266 e. The van der Waals surface area contributed by atoms with E-state index in [0.29, 0.717) is 11.3 Å². The van der Waals surface area contributed by atoms with Crippen LogP contribution in [-0.4, -0.2) is 17.0 Å². The van der Waals surface area contributed by atoms with E-state index < -0.39 is 35.3 Å². The third-order valence-electron chi connectivity index (χ3n) is 3.52. The number of halogens is 4. The van der Waals surface area contributed by atoms with Crippen LogP contribution in [0.2, 0.25) is 0 Å². The summed E-state index contributed by atoms with van der Waals surface area (Å²) < 4.78 is 57.7. The highest BCUT2D eigenvalue weighted by Gasteiger charge is 2.18. The molecule has 3 aromatic rings. The molecular weight excluding hydrogens is 384 g/mol. The van der Waals surface area contributed by atoms with E-state index in [1.807, 2.05) is 0 Å². The van der Waals surface area contributed by atoms with Gasteiger partial charge < -0.3 is 4.74 Å². The minimum Gasteiger partial charge on any atom is -0.481 e. The fraction of sp³-hybridized carbons (Fsp3) is 0.111. The van der Waals surface area contributed by atoms with Crippen molar-refractivity contribution in [3.05, 3.63) is 65.0 Å². The second-order valence-electron chi connectivity index (χ2n) is 5.49. The molecule has 9 heteroatoms. The zero-order chi connectivity index (χ0) is 19.6. The van der Waals surface area contributed by atoms with E-state index in [1.54, 1.807) is 5.38 Å². The Hall–Kier alpha value is -2.94. The number of amides is 1. The Morgan fingerprint density at radius 2 is 1.70 bits per heavy atom. The van der Waals surface area contributed by atoms with Crippen LogP contribution in [0.5, 0.6) is 5.75 Å². The Morgan fingerprint density at radius 3 is 2.37 bits per heavy atom. The third-order valence-corrected chi connectivity index (χ3v) is 4.28. The lowest BCUT2D eigenvalue weighted by atomic mass is 10.2. The lowest BCUT2D eigenvalue weighted by Gasteiger charge is -2.13. The molecule has 1 atom stereocenters. The summed E-state index contributed by atoms with van der Waals surface area (Å²) in [6.45, 7) is 1.43. The van der Waals surface area contributed by atoms with E-state index in [2.05, 4.69) is 10.3 Å². The van der Waals surface area contributed by atoms with Gasteiger partial charge in [0, 0.05) is 17.0 Å². The zero-order valence-electron chi connectivity index (χ0n) is 13.8. The summed E-state index contributed by atoms with van der Waals surface area (Å²) in [6.07, 6.45) is -1.01. The average molecular weight is 396 g/mol. The van der Waals surface area contributed by atoms with Crippen molar-refractivity contribution in [2.75, 3.05) is 5.32 Å². The van der Waals surface area contributed by atoms with Crippen LogP contribution >= 0.6 is 11.3 Å². The number of ether oxygens (including phenoxy) is 1. The maximum absolute atomic E-state index is 13.3. The number of rotatable bonds is 5. The van der Waals surface area contributed by atoms with Gasteiger partial charge in [0.1, 0.15) is 5.75 Å². The molecule has 0 spiro atoms. The summed E-state index contributed by atoms with van der Waals surface area (Å²) in [7, 11) is 0. The van der Waals surface area contributed by atoms with Crippen molar-refractivity contribution in [1.82, 2.24) is 4.98 Å². The first-order chi connectivity index (χ1) is 12.8. The highest BCUT2D eigenvalue weighted by Crippen LogP contribution is 2.26. The van der Waals surface area contributed by atoms with Gasteiger partial charge in [-0.05, 0) is 37.3 Å². The summed E-state index contributed by atoms with van der Waals surface area (Å²) in [5, 5.41) is 4.31. The van der Waals surface area contributed by atoms with E-state index in [-0.39, 0.29) is 10.9 Å². The van der Waals surface area contributed by atoms with Crippen LogP contribution in [-0.2, 0) is 4.79 Å². The third kappa shape index (κ3) is 4.43. The molecule has 1 N–H and O–H groups in total. The molecule has 4 nitrogen and oxygen atoms in total. The van der Waals surface area contributed by atoms with Gasteiger partial charge in [-0.15, -0.1) is 11.3 Å². The Labute approximate surface area is 155 Å². The van der Waals surface area contributed by atoms with E-state index in [9.17, 15) is 22.4 Å². The van der Waals surface area contributed by atoms with Crippen molar-refractivity contribution in [3.8, 4) is 17.0 Å². The number of thiazole rings is 1. The largest absolute Gasteiger partial charge is 0.481 e. The molecule has 0 aliphatic carbocycles. The van der Waals surface area contributed by atoms with Crippen molar-refractivity contribution in [1.29, 1.82) is 0 Å². The van der Waals surface area contributed by atoms with Gasteiger partial charge in [0.05, 0.1) is 5.69 Å². The van der Waals surface area contributed by atoms with Crippen molar-refractivity contribution in [3.63, 3.8) is 0 Å². The molecule has 140 valence electrons. The molecule has 1 aromatic heterocycles. The Balaban J connectivity index is 1.66. The molecule has 0 radical (unpaired) electrons. The second kappa shape index (κ2) is 7.75. The quantitative estimate of drug-likeness (QED) is 0.632.